The second-order valence-corrected chi connectivity index (χ2v) is 14.0. The van der Waals surface area contributed by atoms with E-state index in [0.29, 0.717) is 24.6 Å². The molecule has 0 aliphatic heterocycles. The topological polar surface area (TPSA) is 96.0 Å². The first-order chi connectivity index (χ1) is 22.6. The summed E-state index contributed by atoms with van der Waals surface area (Å²) in [5, 5.41) is 3.01. The van der Waals surface area contributed by atoms with E-state index in [2.05, 4.69) is 21.2 Å². The third-order valence-corrected chi connectivity index (χ3v) is 10.0. The second-order valence-electron chi connectivity index (χ2n) is 11.2. The number of hydrogen-bond donors (Lipinski definition) is 1. The summed E-state index contributed by atoms with van der Waals surface area (Å²) < 4.78 is 36.0. The number of unbranched alkanes of at least 4 members (excludes halogenated alkanes) is 1. The van der Waals surface area contributed by atoms with Crippen LogP contribution in [0.15, 0.2) is 112 Å². The number of hydrogen-bond acceptors (Lipinski definition) is 5. The van der Waals surface area contributed by atoms with Crippen molar-refractivity contribution in [3.05, 3.63) is 124 Å². The predicted molar refractivity (Wildman–Crippen MR) is 190 cm³/mol. The van der Waals surface area contributed by atoms with Gasteiger partial charge < -0.3 is 15.0 Å². The van der Waals surface area contributed by atoms with Gasteiger partial charge in [0.1, 0.15) is 18.3 Å². The molecule has 0 aromatic heterocycles. The Hall–Kier alpha value is -4.15. The molecule has 0 unspecified atom stereocenters. The Balaban J connectivity index is 1.77. The summed E-state index contributed by atoms with van der Waals surface area (Å²) in [6.07, 6.45) is 1.96. The number of sulfonamides is 1. The maximum atomic E-state index is 14.6. The SMILES string of the molecule is CCCCNC(=O)[C@H](Cc1ccccc1)N(Cc1ccc(Br)cc1)C(=O)CN(c1ccc(C)cc1)S(=O)(=O)c1ccc(OCC)cc1. The molecule has 4 aromatic carbocycles. The highest BCUT2D eigenvalue weighted by atomic mass is 79.9. The largest absolute Gasteiger partial charge is 0.494 e. The van der Waals surface area contributed by atoms with Gasteiger partial charge in [0.25, 0.3) is 10.0 Å². The van der Waals surface area contributed by atoms with Crippen LogP contribution < -0.4 is 14.4 Å². The third-order valence-electron chi connectivity index (χ3n) is 7.69. The van der Waals surface area contributed by atoms with Gasteiger partial charge in [-0.25, -0.2) is 8.42 Å². The Morgan fingerprint density at radius 2 is 1.51 bits per heavy atom. The van der Waals surface area contributed by atoms with E-state index in [1.54, 1.807) is 36.4 Å². The van der Waals surface area contributed by atoms with Crippen LogP contribution in [0.1, 0.15) is 43.4 Å². The number of amides is 2. The molecule has 0 bridgehead atoms. The Bertz CT molecular complexity index is 1700. The smallest absolute Gasteiger partial charge is 0.264 e. The molecule has 8 nitrogen and oxygen atoms in total. The van der Waals surface area contributed by atoms with Crippen molar-refractivity contribution in [1.82, 2.24) is 10.2 Å². The van der Waals surface area contributed by atoms with Gasteiger partial charge in [-0.05, 0) is 79.9 Å². The molecule has 0 spiro atoms. The molecule has 0 aliphatic carbocycles. The lowest BCUT2D eigenvalue weighted by molar-refractivity contribution is -0.140. The zero-order valence-electron chi connectivity index (χ0n) is 27.1. The van der Waals surface area contributed by atoms with Crippen LogP contribution >= 0.6 is 15.9 Å². The van der Waals surface area contributed by atoms with E-state index in [4.69, 9.17) is 4.74 Å². The van der Waals surface area contributed by atoms with Crippen LogP contribution in [-0.4, -0.2) is 50.9 Å². The van der Waals surface area contributed by atoms with E-state index in [1.807, 2.05) is 75.4 Å². The van der Waals surface area contributed by atoms with E-state index < -0.39 is 28.5 Å². The Labute approximate surface area is 286 Å². The van der Waals surface area contributed by atoms with Crippen molar-refractivity contribution in [1.29, 1.82) is 0 Å². The fraction of sp³-hybridized carbons (Fsp3) is 0.297. The molecular formula is C37H42BrN3O5S. The van der Waals surface area contributed by atoms with Crippen LogP contribution in [0.2, 0.25) is 0 Å². The number of halogens is 1. The monoisotopic (exact) mass is 719 g/mol. The van der Waals surface area contributed by atoms with Gasteiger partial charge in [0.2, 0.25) is 11.8 Å². The van der Waals surface area contributed by atoms with Crippen LogP contribution in [0.25, 0.3) is 0 Å². The Kier molecular flexibility index (Phi) is 13.0. The molecule has 0 saturated carbocycles. The predicted octanol–water partition coefficient (Wildman–Crippen LogP) is 6.91. The molecule has 0 aliphatic rings. The summed E-state index contributed by atoms with van der Waals surface area (Å²) in [7, 11) is -4.20. The number of nitrogens with zero attached hydrogens (tertiary/aromatic N) is 2. The van der Waals surface area contributed by atoms with Gasteiger partial charge in [0.15, 0.2) is 0 Å². The van der Waals surface area contributed by atoms with Gasteiger partial charge in [-0.2, -0.15) is 0 Å². The van der Waals surface area contributed by atoms with E-state index in [0.717, 1.165) is 38.3 Å². The van der Waals surface area contributed by atoms with E-state index in [-0.39, 0.29) is 23.8 Å². The molecule has 0 fully saturated rings. The van der Waals surface area contributed by atoms with E-state index in [9.17, 15) is 18.0 Å². The molecule has 1 atom stereocenters. The van der Waals surface area contributed by atoms with Crippen molar-refractivity contribution in [2.45, 2.75) is 57.5 Å². The molecule has 2 amide bonds. The summed E-state index contributed by atoms with van der Waals surface area (Å²) in [5.41, 5.74) is 2.97. The van der Waals surface area contributed by atoms with Gasteiger partial charge in [-0.3, -0.25) is 13.9 Å². The van der Waals surface area contributed by atoms with E-state index >= 15 is 0 Å². The average molecular weight is 721 g/mol. The van der Waals surface area contributed by atoms with Crippen molar-refractivity contribution in [3.63, 3.8) is 0 Å². The third kappa shape index (κ3) is 9.92. The minimum Gasteiger partial charge on any atom is -0.494 e. The fourth-order valence-corrected chi connectivity index (χ4v) is 6.77. The molecule has 0 saturated heterocycles. The summed E-state index contributed by atoms with van der Waals surface area (Å²) >= 11 is 3.47. The van der Waals surface area contributed by atoms with Crippen LogP contribution in [0.3, 0.4) is 0 Å². The van der Waals surface area contributed by atoms with Gasteiger partial charge in [0, 0.05) is 24.0 Å². The molecule has 47 heavy (non-hydrogen) atoms. The Morgan fingerprint density at radius 1 is 0.851 bits per heavy atom. The quantitative estimate of drug-likeness (QED) is 0.127. The lowest BCUT2D eigenvalue weighted by Gasteiger charge is -2.34. The van der Waals surface area contributed by atoms with Crippen molar-refractivity contribution in [3.8, 4) is 5.75 Å². The highest BCUT2D eigenvalue weighted by Gasteiger charge is 2.34. The first-order valence-electron chi connectivity index (χ1n) is 15.8. The molecule has 0 heterocycles. The van der Waals surface area contributed by atoms with Gasteiger partial charge >= 0.3 is 0 Å². The van der Waals surface area contributed by atoms with Gasteiger partial charge in [-0.1, -0.05) is 89.4 Å². The fourth-order valence-electron chi connectivity index (χ4n) is 5.09. The average Bonchev–Trinajstić information content (AvgIpc) is 3.07. The number of anilines is 1. The van der Waals surface area contributed by atoms with Crippen molar-refractivity contribution >= 4 is 43.5 Å². The lowest BCUT2D eigenvalue weighted by Crippen LogP contribution is -2.53. The zero-order chi connectivity index (χ0) is 33.8. The van der Waals surface area contributed by atoms with Crippen molar-refractivity contribution in [2.75, 3.05) is 24.0 Å². The number of nitrogens with one attached hydrogen (secondary N) is 1. The highest BCUT2D eigenvalue weighted by molar-refractivity contribution is 9.10. The van der Waals surface area contributed by atoms with Gasteiger partial charge in [0.05, 0.1) is 17.2 Å². The molecule has 248 valence electrons. The summed E-state index contributed by atoms with van der Waals surface area (Å²) in [4.78, 5) is 29.9. The zero-order valence-corrected chi connectivity index (χ0v) is 29.5. The molecule has 10 heteroatoms. The number of benzene rings is 4. The highest BCUT2D eigenvalue weighted by Crippen LogP contribution is 2.27. The molecular weight excluding hydrogens is 678 g/mol. The summed E-state index contributed by atoms with van der Waals surface area (Å²) in [6.45, 7) is 6.32. The number of carbonyl (C=O) groups is 2. The molecule has 0 radical (unpaired) electrons. The minimum atomic E-state index is -4.20. The van der Waals surface area contributed by atoms with Crippen molar-refractivity contribution < 1.29 is 22.7 Å². The Morgan fingerprint density at radius 3 is 2.13 bits per heavy atom. The second kappa shape index (κ2) is 17.1. The van der Waals surface area contributed by atoms with E-state index in [1.165, 1.54) is 17.0 Å². The van der Waals surface area contributed by atoms with Crippen LogP contribution in [0.5, 0.6) is 5.75 Å². The lowest BCUT2D eigenvalue weighted by atomic mass is 10.0. The summed E-state index contributed by atoms with van der Waals surface area (Å²) in [6, 6.07) is 29.3. The van der Waals surface area contributed by atoms with Crippen LogP contribution in [-0.2, 0) is 32.6 Å². The first kappa shape index (κ1) is 35.7. The number of carbonyl (C=O) groups excluding carboxylic acids is 2. The molecule has 4 rings (SSSR count). The number of aryl methyl sites for hydroxylation is 1. The molecule has 1 N–H and O–H groups in total. The summed E-state index contributed by atoms with van der Waals surface area (Å²) in [5.74, 6) is -0.249. The van der Waals surface area contributed by atoms with Crippen LogP contribution in [0.4, 0.5) is 5.69 Å². The number of ether oxygens (including phenoxy) is 1. The van der Waals surface area contributed by atoms with Gasteiger partial charge in [-0.15, -0.1) is 0 Å². The normalized spacial score (nSPS) is 11.8. The van der Waals surface area contributed by atoms with Crippen molar-refractivity contribution in [2.24, 2.45) is 0 Å². The molecule has 4 aromatic rings. The first-order valence-corrected chi connectivity index (χ1v) is 18.0. The van der Waals surface area contributed by atoms with Crippen LogP contribution in [0, 0.1) is 6.92 Å². The standard InChI is InChI=1S/C37H42BrN3O5S/c1-4-6-24-39-37(43)35(25-29-10-8-7-9-11-29)40(26-30-14-16-31(38)17-15-30)36(42)27-41(32-18-12-28(3)13-19-32)47(44,45)34-22-20-33(21-23-34)46-5-2/h7-23,35H,4-6,24-27H2,1-3H3,(H,39,43)/t35-/m0/s1. The maximum Gasteiger partial charge on any atom is 0.264 e. The maximum absolute atomic E-state index is 14.6. The number of rotatable bonds is 16. The minimum absolute atomic E-state index is 0.0203.